The number of para-hydroxylation sites is 2. The molecule has 0 spiro atoms. The van der Waals surface area contributed by atoms with Crippen LogP contribution in [-0.4, -0.2) is 9.13 Å². The molecule has 2 aliphatic rings. The number of allylic oxidation sites excluding steroid dienone is 4. The Hall–Kier alpha value is -8.18. The summed E-state index contributed by atoms with van der Waals surface area (Å²) in [6.07, 6.45) is 9.03. The van der Waals surface area contributed by atoms with Gasteiger partial charge in [-0.3, -0.25) is 0 Å². The van der Waals surface area contributed by atoms with Gasteiger partial charge in [0.25, 0.3) is 0 Å². The molecule has 2 heterocycles. The molecule has 10 aromatic rings. The molecule has 0 saturated heterocycles. The highest BCUT2D eigenvalue weighted by Gasteiger charge is 2.46. The summed E-state index contributed by atoms with van der Waals surface area (Å²) in [5, 5.41) is 24.5. The van der Waals surface area contributed by atoms with Crippen LogP contribution in [0.4, 0.5) is 0 Å². The van der Waals surface area contributed by atoms with Gasteiger partial charge in [0, 0.05) is 32.9 Å². The molecule has 0 radical (unpaired) electrons. The fraction of sp³-hybridized carbons (Fsp3) is 0.0526. The van der Waals surface area contributed by atoms with Crippen LogP contribution in [0.25, 0.3) is 77.2 Å². The van der Waals surface area contributed by atoms with E-state index in [0.29, 0.717) is 11.1 Å². The summed E-state index contributed by atoms with van der Waals surface area (Å²) in [5.74, 6) is 0. The van der Waals surface area contributed by atoms with E-state index in [2.05, 4.69) is 191 Å². The zero-order valence-corrected chi connectivity index (χ0v) is 33.2. The lowest BCUT2D eigenvalue weighted by Gasteiger charge is -2.34. The normalized spacial score (nSPS) is 13.9. The molecule has 4 heteroatoms. The van der Waals surface area contributed by atoms with Gasteiger partial charge in [0.05, 0.1) is 50.7 Å². The Morgan fingerprint density at radius 1 is 0.443 bits per heavy atom. The third-order valence-corrected chi connectivity index (χ3v) is 13.1. The third kappa shape index (κ3) is 5.04. The molecule has 2 aliphatic carbocycles. The summed E-state index contributed by atoms with van der Waals surface area (Å²) in [4.78, 5) is 0. The average Bonchev–Trinajstić information content (AvgIpc) is 3.95. The van der Waals surface area contributed by atoms with Gasteiger partial charge in [0.15, 0.2) is 0 Å². The highest BCUT2D eigenvalue weighted by Crippen LogP contribution is 2.56. The van der Waals surface area contributed by atoms with Gasteiger partial charge in [-0.1, -0.05) is 115 Å². The zero-order valence-electron chi connectivity index (χ0n) is 33.2. The lowest BCUT2D eigenvalue weighted by atomic mass is 9.67. The Balaban J connectivity index is 1.06. The minimum absolute atomic E-state index is 0.616. The molecule has 2 aromatic heterocycles. The Labute approximate surface area is 353 Å². The molecule has 0 saturated carbocycles. The number of fused-ring (bicyclic) bond motifs is 9. The molecule has 0 bridgehead atoms. The van der Waals surface area contributed by atoms with E-state index in [9.17, 15) is 10.5 Å². The van der Waals surface area contributed by atoms with Gasteiger partial charge in [0.2, 0.25) is 0 Å². The SMILES string of the molecule is N#Cc1ccc(C2(c3ccc(C#N)cc3)c3ccccc3-c3ccc(-n4c5ccccc5c5cc(-c6ccc7c(c6)c6ccccc6n7C6=CCCC=C6)ccc54)cc32)cc1. The highest BCUT2D eigenvalue weighted by molar-refractivity contribution is 6.13. The molecule has 284 valence electrons. The molecule has 4 nitrogen and oxygen atoms in total. The molecule has 0 N–H and O–H groups in total. The molecular formula is C57H36N4. The van der Waals surface area contributed by atoms with E-state index in [-0.39, 0.29) is 0 Å². The predicted molar refractivity (Wildman–Crippen MR) is 249 cm³/mol. The predicted octanol–water partition coefficient (Wildman–Crippen LogP) is 13.9. The van der Waals surface area contributed by atoms with Gasteiger partial charge in [-0.2, -0.15) is 10.5 Å². The van der Waals surface area contributed by atoms with Crippen molar-refractivity contribution in [3.63, 3.8) is 0 Å². The maximum absolute atomic E-state index is 9.78. The van der Waals surface area contributed by atoms with E-state index in [1.165, 1.54) is 66.1 Å². The van der Waals surface area contributed by atoms with Gasteiger partial charge >= 0.3 is 0 Å². The Bertz CT molecular complexity index is 3540. The van der Waals surface area contributed by atoms with Crippen LogP contribution in [0, 0.1) is 22.7 Å². The molecule has 0 unspecified atom stereocenters. The number of benzene rings is 8. The van der Waals surface area contributed by atoms with E-state index in [4.69, 9.17) is 0 Å². The van der Waals surface area contributed by atoms with Crippen LogP contribution in [0.5, 0.6) is 0 Å². The first-order chi connectivity index (χ1) is 30.1. The van der Waals surface area contributed by atoms with E-state index in [1.807, 2.05) is 24.3 Å². The van der Waals surface area contributed by atoms with E-state index >= 15 is 0 Å². The first-order valence-corrected chi connectivity index (χ1v) is 20.9. The monoisotopic (exact) mass is 776 g/mol. The van der Waals surface area contributed by atoms with Crippen molar-refractivity contribution in [2.24, 2.45) is 0 Å². The van der Waals surface area contributed by atoms with Crippen LogP contribution in [0.15, 0.2) is 194 Å². The summed E-state index contributed by atoms with van der Waals surface area (Å²) in [6.45, 7) is 0. The van der Waals surface area contributed by atoms with Crippen molar-refractivity contribution < 1.29 is 0 Å². The fourth-order valence-electron chi connectivity index (χ4n) is 10.4. The molecule has 0 fully saturated rings. The van der Waals surface area contributed by atoms with Crippen LogP contribution in [0.1, 0.15) is 46.2 Å². The molecule has 0 aliphatic heterocycles. The first kappa shape index (κ1) is 34.8. The lowest BCUT2D eigenvalue weighted by molar-refractivity contribution is 0.767. The first-order valence-electron chi connectivity index (χ1n) is 20.9. The lowest BCUT2D eigenvalue weighted by Crippen LogP contribution is -2.28. The third-order valence-electron chi connectivity index (χ3n) is 13.1. The van der Waals surface area contributed by atoms with Gasteiger partial charge in [0.1, 0.15) is 0 Å². The fourth-order valence-corrected chi connectivity index (χ4v) is 10.4. The van der Waals surface area contributed by atoms with Crippen LogP contribution >= 0.6 is 0 Å². The molecule has 61 heavy (non-hydrogen) atoms. The number of hydrogen-bond acceptors (Lipinski definition) is 2. The maximum atomic E-state index is 9.78. The Morgan fingerprint density at radius 2 is 0.984 bits per heavy atom. The van der Waals surface area contributed by atoms with Gasteiger partial charge in [-0.05, 0) is 136 Å². The second kappa shape index (κ2) is 13.4. The maximum Gasteiger partial charge on any atom is 0.0991 e. The van der Waals surface area contributed by atoms with Crippen LogP contribution < -0.4 is 0 Å². The number of rotatable bonds is 5. The summed E-state index contributed by atoms with van der Waals surface area (Å²) in [5.41, 5.74) is 16.7. The van der Waals surface area contributed by atoms with Crippen molar-refractivity contribution in [2.45, 2.75) is 18.3 Å². The molecule has 12 rings (SSSR count). The minimum Gasteiger partial charge on any atom is -0.310 e. The molecular weight excluding hydrogens is 741 g/mol. The van der Waals surface area contributed by atoms with E-state index in [0.717, 1.165) is 46.3 Å². The number of nitrogens with zero attached hydrogens (tertiary/aromatic N) is 4. The van der Waals surface area contributed by atoms with E-state index < -0.39 is 5.41 Å². The topological polar surface area (TPSA) is 57.4 Å². The number of hydrogen-bond donors (Lipinski definition) is 0. The van der Waals surface area contributed by atoms with Gasteiger partial charge in [-0.25, -0.2) is 0 Å². The van der Waals surface area contributed by atoms with Crippen molar-refractivity contribution >= 4 is 49.3 Å². The average molecular weight is 777 g/mol. The standard InChI is InChI=1S/C57H36N4/c58-35-37-18-24-41(25-19-37)57(42-26-20-38(36-59)21-27-42)51-15-7-4-12-45(51)46-29-28-44(34-52(46)57)61-54-17-9-6-14-48(54)50-33-40(23-31-56(50)61)39-22-30-55-49(32-39)47-13-5-8-16-53(47)60(55)43-10-2-1-3-11-43/h2,4-34H,1,3H2. The molecule has 0 atom stereocenters. The highest BCUT2D eigenvalue weighted by atomic mass is 15.0. The molecule has 0 amide bonds. The summed E-state index contributed by atoms with van der Waals surface area (Å²) in [6, 6.07) is 67.5. The second-order valence-electron chi connectivity index (χ2n) is 16.2. The molecule has 8 aromatic carbocycles. The smallest absolute Gasteiger partial charge is 0.0991 e. The minimum atomic E-state index is -0.693. The van der Waals surface area contributed by atoms with Crippen molar-refractivity contribution in [1.29, 1.82) is 10.5 Å². The van der Waals surface area contributed by atoms with Gasteiger partial charge < -0.3 is 9.13 Å². The van der Waals surface area contributed by atoms with Crippen molar-refractivity contribution in [3.05, 3.63) is 228 Å². The van der Waals surface area contributed by atoms with Crippen molar-refractivity contribution in [3.8, 4) is 40.1 Å². The summed E-state index contributed by atoms with van der Waals surface area (Å²) < 4.78 is 4.82. The second-order valence-corrected chi connectivity index (χ2v) is 16.2. The van der Waals surface area contributed by atoms with Crippen molar-refractivity contribution in [1.82, 2.24) is 9.13 Å². The summed E-state index contributed by atoms with van der Waals surface area (Å²) >= 11 is 0. The number of nitriles is 2. The quantitative estimate of drug-likeness (QED) is 0.175. The van der Waals surface area contributed by atoms with Crippen LogP contribution in [-0.2, 0) is 5.41 Å². The van der Waals surface area contributed by atoms with Gasteiger partial charge in [-0.15, -0.1) is 0 Å². The van der Waals surface area contributed by atoms with Crippen LogP contribution in [0.3, 0.4) is 0 Å². The van der Waals surface area contributed by atoms with Crippen molar-refractivity contribution in [2.75, 3.05) is 0 Å². The number of aromatic nitrogens is 2. The largest absolute Gasteiger partial charge is 0.310 e. The summed E-state index contributed by atoms with van der Waals surface area (Å²) in [7, 11) is 0. The van der Waals surface area contributed by atoms with Crippen LogP contribution in [0.2, 0.25) is 0 Å². The zero-order chi connectivity index (χ0) is 40.7. The van der Waals surface area contributed by atoms with E-state index in [1.54, 1.807) is 0 Å². The Kier molecular flexibility index (Phi) is 7.67. The Morgan fingerprint density at radius 3 is 1.59 bits per heavy atom.